The molecule has 4 heterocycles. The number of rotatable bonds is 4. The predicted octanol–water partition coefficient (Wildman–Crippen LogP) is 6.57. The highest BCUT2D eigenvalue weighted by molar-refractivity contribution is 7.13. The van der Waals surface area contributed by atoms with Crippen LogP contribution in [0.1, 0.15) is 16.8 Å². The van der Waals surface area contributed by atoms with Gasteiger partial charge in [-0.1, -0.05) is 48.0 Å². The molecule has 1 aliphatic rings. The molecule has 0 radical (unpaired) electrons. The topological polar surface area (TPSA) is 44.8 Å². The number of thiophene rings is 1. The smallest absolute Gasteiger partial charge is 0.169 e. The van der Waals surface area contributed by atoms with E-state index in [0.29, 0.717) is 0 Å². The monoisotopic (exact) mass is 456 g/mol. The van der Waals surface area contributed by atoms with Gasteiger partial charge in [-0.15, -0.1) is 11.3 Å². The van der Waals surface area contributed by atoms with Crippen molar-refractivity contribution in [3.05, 3.63) is 94.1 Å². The first-order valence-corrected chi connectivity index (χ1v) is 12.0. The zero-order valence-corrected chi connectivity index (χ0v) is 19.0. The lowest BCUT2D eigenvalue weighted by molar-refractivity contribution is 0.244. The van der Waals surface area contributed by atoms with Crippen LogP contribution in [0.5, 0.6) is 0 Å². The van der Waals surface area contributed by atoms with Crippen molar-refractivity contribution in [2.45, 2.75) is 19.5 Å². The molecular weight excluding hydrogens is 436 g/mol. The minimum atomic E-state index is 0.751. The van der Waals surface area contributed by atoms with Gasteiger partial charge in [-0.2, -0.15) is 0 Å². The van der Waals surface area contributed by atoms with Crippen molar-refractivity contribution in [1.82, 2.24) is 19.9 Å². The average molecular weight is 457 g/mol. The number of H-pyrrole nitrogens is 1. The molecule has 0 saturated carbocycles. The summed E-state index contributed by atoms with van der Waals surface area (Å²) in [7, 11) is 0. The molecule has 3 aromatic heterocycles. The Kier molecular flexibility index (Phi) is 5.02. The van der Waals surface area contributed by atoms with Crippen LogP contribution in [-0.4, -0.2) is 26.4 Å². The van der Waals surface area contributed by atoms with E-state index in [1.807, 2.05) is 24.4 Å². The van der Waals surface area contributed by atoms with Gasteiger partial charge in [-0.05, 0) is 40.8 Å². The molecule has 0 saturated heterocycles. The summed E-state index contributed by atoms with van der Waals surface area (Å²) in [5.41, 5.74) is 7.21. The fraction of sp³-hybridized carbons (Fsp3) is 0.154. The number of aromatic amines is 1. The van der Waals surface area contributed by atoms with Crippen LogP contribution in [0.15, 0.2) is 72.2 Å². The van der Waals surface area contributed by atoms with Gasteiger partial charge in [-0.25, -0.2) is 9.97 Å². The van der Waals surface area contributed by atoms with E-state index in [-0.39, 0.29) is 0 Å². The summed E-state index contributed by atoms with van der Waals surface area (Å²) < 4.78 is 0. The van der Waals surface area contributed by atoms with Crippen LogP contribution in [-0.2, 0) is 19.5 Å². The standard InChI is InChI=1S/C26H21ClN4S/c27-19-9-7-17(8-10-19)25-21(20-4-1-2-5-23(20)29-25)16-31-12-11-22-18(15-31)14-28-26(30-22)24-6-3-13-32-24/h1-10,13-14,29H,11-12,15-16H2. The van der Waals surface area contributed by atoms with Gasteiger partial charge >= 0.3 is 0 Å². The number of para-hydroxylation sites is 1. The molecule has 6 heteroatoms. The first-order chi connectivity index (χ1) is 15.7. The predicted molar refractivity (Wildman–Crippen MR) is 132 cm³/mol. The van der Waals surface area contributed by atoms with Crippen molar-refractivity contribution in [3.8, 4) is 22.0 Å². The minimum Gasteiger partial charge on any atom is -0.354 e. The summed E-state index contributed by atoms with van der Waals surface area (Å²) in [6, 6.07) is 20.7. The fourth-order valence-electron chi connectivity index (χ4n) is 4.48. The van der Waals surface area contributed by atoms with Crippen LogP contribution < -0.4 is 0 Å². The van der Waals surface area contributed by atoms with Gasteiger partial charge in [0.25, 0.3) is 0 Å². The first kappa shape index (κ1) is 19.7. The number of nitrogens with one attached hydrogen (secondary N) is 1. The van der Waals surface area contributed by atoms with Gasteiger partial charge < -0.3 is 4.98 Å². The molecule has 5 aromatic rings. The minimum absolute atomic E-state index is 0.751. The van der Waals surface area contributed by atoms with Gasteiger partial charge in [-0.3, -0.25) is 4.90 Å². The molecule has 6 rings (SSSR count). The zero-order chi connectivity index (χ0) is 21.5. The number of aromatic nitrogens is 3. The number of hydrogen-bond donors (Lipinski definition) is 1. The first-order valence-electron chi connectivity index (χ1n) is 10.7. The number of halogens is 1. The van der Waals surface area contributed by atoms with Crippen molar-refractivity contribution in [3.63, 3.8) is 0 Å². The van der Waals surface area contributed by atoms with Gasteiger partial charge in [0.15, 0.2) is 5.82 Å². The van der Waals surface area contributed by atoms with Crippen LogP contribution in [0.25, 0.3) is 32.9 Å². The van der Waals surface area contributed by atoms with E-state index in [0.717, 1.165) is 58.6 Å². The van der Waals surface area contributed by atoms with E-state index in [2.05, 4.69) is 62.7 Å². The Labute approximate surface area is 195 Å². The molecule has 0 atom stereocenters. The Morgan fingerprint density at radius 2 is 1.91 bits per heavy atom. The molecule has 0 amide bonds. The Morgan fingerprint density at radius 3 is 2.75 bits per heavy atom. The fourth-order valence-corrected chi connectivity index (χ4v) is 5.28. The van der Waals surface area contributed by atoms with E-state index < -0.39 is 0 Å². The molecule has 2 aromatic carbocycles. The van der Waals surface area contributed by atoms with Gasteiger partial charge in [0.05, 0.1) is 16.3 Å². The Bertz CT molecular complexity index is 1390. The lowest BCUT2D eigenvalue weighted by Gasteiger charge is -2.28. The third-order valence-corrected chi connectivity index (χ3v) is 7.20. The van der Waals surface area contributed by atoms with Crippen LogP contribution in [0.4, 0.5) is 0 Å². The highest BCUT2D eigenvalue weighted by Gasteiger charge is 2.22. The van der Waals surface area contributed by atoms with Crippen LogP contribution in [0, 0.1) is 0 Å². The van der Waals surface area contributed by atoms with E-state index in [1.165, 1.54) is 22.2 Å². The van der Waals surface area contributed by atoms with E-state index >= 15 is 0 Å². The Balaban J connectivity index is 1.32. The number of hydrogen-bond acceptors (Lipinski definition) is 4. The second-order valence-corrected chi connectivity index (χ2v) is 9.52. The lowest BCUT2D eigenvalue weighted by atomic mass is 10.0. The quantitative estimate of drug-likeness (QED) is 0.333. The Morgan fingerprint density at radius 1 is 1.03 bits per heavy atom. The summed E-state index contributed by atoms with van der Waals surface area (Å²) in [4.78, 5) is 16.8. The molecular formula is C26H21ClN4S. The van der Waals surface area contributed by atoms with Crippen molar-refractivity contribution in [2.75, 3.05) is 6.54 Å². The summed E-state index contributed by atoms with van der Waals surface area (Å²) in [5.74, 6) is 0.842. The number of fused-ring (bicyclic) bond motifs is 2. The van der Waals surface area contributed by atoms with Crippen molar-refractivity contribution < 1.29 is 0 Å². The molecule has 0 unspecified atom stereocenters. The van der Waals surface area contributed by atoms with Gasteiger partial charge in [0.2, 0.25) is 0 Å². The van der Waals surface area contributed by atoms with Crippen molar-refractivity contribution >= 4 is 33.8 Å². The Hall–Kier alpha value is -2.99. The summed E-state index contributed by atoms with van der Waals surface area (Å²) in [6.07, 6.45) is 2.95. The molecule has 1 N–H and O–H groups in total. The lowest BCUT2D eigenvalue weighted by Crippen LogP contribution is -2.31. The number of benzene rings is 2. The summed E-state index contributed by atoms with van der Waals surface area (Å²) >= 11 is 7.82. The SMILES string of the molecule is Clc1ccc(-c2[nH]c3ccccc3c2CN2CCc3nc(-c4cccs4)ncc3C2)cc1. The maximum absolute atomic E-state index is 6.14. The van der Waals surface area contributed by atoms with Crippen LogP contribution in [0.3, 0.4) is 0 Å². The maximum atomic E-state index is 6.14. The van der Waals surface area contributed by atoms with Gasteiger partial charge in [0.1, 0.15) is 0 Å². The highest BCUT2D eigenvalue weighted by Crippen LogP contribution is 2.33. The van der Waals surface area contributed by atoms with E-state index in [9.17, 15) is 0 Å². The molecule has 0 fully saturated rings. The molecule has 32 heavy (non-hydrogen) atoms. The zero-order valence-electron chi connectivity index (χ0n) is 17.4. The second kappa shape index (κ2) is 8.17. The highest BCUT2D eigenvalue weighted by atomic mass is 35.5. The molecule has 0 bridgehead atoms. The third-order valence-electron chi connectivity index (χ3n) is 6.08. The normalized spacial score (nSPS) is 14.0. The van der Waals surface area contributed by atoms with Crippen molar-refractivity contribution in [2.24, 2.45) is 0 Å². The summed E-state index contributed by atoms with van der Waals surface area (Å²) in [6.45, 7) is 2.71. The second-order valence-electron chi connectivity index (χ2n) is 8.13. The number of nitrogens with zero attached hydrogens (tertiary/aromatic N) is 3. The van der Waals surface area contributed by atoms with Crippen LogP contribution >= 0.6 is 22.9 Å². The molecule has 0 aliphatic carbocycles. The van der Waals surface area contributed by atoms with Gasteiger partial charge in [0, 0.05) is 53.7 Å². The largest absolute Gasteiger partial charge is 0.354 e. The van der Waals surface area contributed by atoms with E-state index in [4.69, 9.17) is 16.6 Å². The maximum Gasteiger partial charge on any atom is 0.169 e. The molecule has 4 nitrogen and oxygen atoms in total. The van der Waals surface area contributed by atoms with Crippen molar-refractivity contribution in [1.29, 1.82) is 0 Å². The molecule has 1 aliphatic heterocycles. The van der Waals surface area contributed by atoms with Crippen LogP contribution in [0.2, 0.25) is 5.02 Å². The average Bonchev–Trinajstić information content (AvgIpc) is 3.48. The molecule has 0 spiro atoms. The van der Waals surface area contributed by atoms with E-state index in [1.54, 1.807) is 11.3 Å². The third kappa shape index (κ3) is 3.62. The molecule has 158 valence electrons. The summed E-state index contributed by atoms with van der Waals surface area (Å²) in [5, 5.41) is 4.09.